The van der Waals surface area contributed by atoms with Crippen molar-refractivity contribution < 1.29 is 14.3 Å². The number of benzene rings is 2. The van der Waals surface area contributed by atoms with E-state index in [1.165, 1.54) is 0 Å². The van der Waals surface area contributed by atoms with Crippen molar-refractivity contribution >= 4 is 12.1 Å². The molecule has 1 amide bonds. The van der Waals surface area contributed by atoms with Crippen LogP contribution in [0.2, 0.25) is 0 Å². The number of fused-ring (bicyclic) bond motifs is 1. The number of aryl methyl sites for hydroxylation is 1. The second-order valence-corrected chi connectivity index (χ2v) is 4.96. The highest BCUT2D eigenvalue weighted by atomic mass is 16.6. The second-order valence-electron chi connectivity index (χ2n) is 4.96. The number of nitrogens with one attached hydrogen (secondary N) is 1. The first-order valence-corrected chi connectivity index (χ1v) is 7.01. The molecule has 1 aliphatic rings. The van der Waals surface area contributed by atoms with E-state index in [4.69, 9.17) is 9.47 Å². The molecule has 22 heavy (non-hydrogen) atoms. The first-order chi connectivity index (χ1) is 10.7. The van der Waals surface area contributed by atoms with Crippen LogP contribution in [-0.2, 0) is 4.79 Å². The lowest BCUT2D eigenvalue weighted by Gasteiger charge is -2.24. The average Bonchev–Trinajstić information content (AvgIpc) is 2.56. The fourth-order valence-electron chi connectivity index (χ4n) is 2.12. The predicted octanol–water partition coefficient (Wildman–Crippen LogP) is 2.29. The largest absolute Gasteiger partial charge is 0.485 e. The van der Waals surface area contributed by atoms with Crippen LogP contribution < -0.4 is 14.9 Å². The third-order valence-corrected chi connectivity index (χ3v) is 3.37. The van der Waals surface area contributed by atoms with Crippen molar-refractivity contribution in [2.24, 2.45) is 5.10 Å². The molecular formula is C17H16N2O3. The number of amides is 1. The number of rotatable bonds is 3. The van der Waals surface area contributed by atoms with Crippen LogP contribution in [-0.4, -0.2) is 24.8 Å². The summed E-state index contributed by atoms with van der Waals surface area (Å²) in [6.45, 7) is 2.15. The molecule has 2 aromatic rings. The van der Waals surface area contributed by atoms with Gasteiger partial charge in [-0.15, -0.1) is 0 Å². The summed E-state index contributed by atoms with van der Waals surface area (Å²) in [4.78, 5) is 12.1. The molecule has 0 bridgehead atoms. The molecule has 3 rings (SSSR count). The van der Waals surface area contributed by atoms with E-state index in [0.29, 0.717) is 11.5 Å². The Labute approximate surface area is 128 Å². The third kappa shape index (κ3) is 3.09. The van der Waals surface area contributed by atoms with Crippen LogP contribution >= 0.6 is 0 Å². The van der Waals surface area contributed by atoms with Gasteiger partial charge in [0.25, 0.3) is 5.91 Å². The van der Waals surface area contributed by atoms with E-state index in [9.17, 15) is 4.79 Å². The van der Waals surface area contributed by atoms with E-state index in [0.717, 1.165) is 11.1 Å². The standard InChI is InChI=1S/C17H16N2O3/c1-12-6-2-3-7-13(12)10-18-19-17(20)16-11-21-14-8-4-5-9-15(14)22-16/h2-10,16H,11H2,1H3,(H,19,20). The summed E-state index contributed by atoms with van der Waals surface area (Å²) in [6.07, 6.45) is 0.911. The van der Waals surface area contributed by atoms with E-state index in [2.05, 4.69) is 10.5 Å². The number of nitrogens with zero attached hydrogens (tertiary/aromatic N) is 1. The number of ether oxygens (including phenoxy) is 2. The number of hydrazone groups is 1. The predicted molar refractivity (Wildman–Crippen MR) is 83.3 cm³/mol. The van der Waals surface area contributed by atoms with Gasteiger partial charge in [0.15, 0.2) is 11.5 Å². The van der Waals surface area contributed by atoms with Crippen LogP contribution in [0.15, 0.2) is 53.6 Å². The van der Waals surface area contributed by atoms with Crippen LogP contribution in [0.1, 0.15) is 11.1 Å². The lowest BCUT2D eigenvalue weighted by atomic mass is 10.1. The molecule has 0 saturated carbocycles. The first kappa shape index (κ1) is 14.1. The monoisotopic (exact) mass is 296 g/mol. The minimum Gasteiger partial charge on any atom is -0.485 e. The number of hydrogen-bond donors (Lipinski definition) is 1. The van der Waals surface area contributed by atoms with E-state index in [1.54, 1.807) is 18.3 Å². The maximum absolute atomic E-state index is 12.1. The quantitative estimate of drug-likeness (QED) is 0.698. The zero-order valence-corrected chi connectivity index (χ0v) is 12.2. The minimum absolute atomic E-state index is 0.169. The van der Waals surface area contributed by atoms with Gasteiger partial charge in [0.1, 0.15) is 6.61 Å². The Bertz CT molecular complexity index is 713. The molecule has 0 fully saturated rings. The van der Waals surface area contributed by atoms with E-state index in [-0.39, 0.29) is 12.5 Å². The van der Waals surface area contributed by atoms with Gasteiger partial charge >= 0.3 is 0 Å². The molecular weight excluding hydrogens is 280 g/mol. The van der Waals surface area contributed by atoms with Gasteiger partial charge in [-0.3, -0.25) is 4.79 Å². The smallest absolute Gasteiger partial charge is 0.284 e. The molecule has 0 saturated heterocycles. The lowest BCUT2D eigenvalue weighted by Crippen LogP contribution is -2.42. The molecule has 5 nitrogen and oxygen atoms in total. The minimum atomic E-state index is -0.705. The number of carbonyl (C=O) groups excluding carboxylic acids is 1. The van der Waals surface area contributed by atoms with Crippen molar-refractivity contribution in [1.29, 1.82) is 0 Å². The second kappa shape index (κ2) is 6.30. The van der Waals surface area contributed by atoms with Crippen LogP contribution in [0, 0.1) is 6.92 Å². The summed E-state index contributed by atoms with van der Waals surface area (Å²) in [7, 11) is 0. The van der Waals surface area contributed by atoms with Crippen LogP contribution in [0.25, 0.3) is 0 Å². The summed E-state index contributed by atoms with van der Waals surface area (Å²) in [5, 5.41) is 3.97. The highest BCUT2D eigenvalue weighted by Crippen LogP contribution is 2.30. The first-order valence-electron chi connectivity index (χ1n) is 7.01. The summed E-state index contributed by atoms with van der Waals surface area (Å²) >= 11 is 0. The van der Waals surface area contributed by atoms with Gasteiger partial charge in [0.2, 0.25) is 6.10 Å². The van der Waals surface area contributed by atoms with Crippen molar-refractivity contribution in [3.05, 3.63) is 59.7 Å². The Hall–Kier alpha value is -2.82. The van der Waals surface area contributed by atoms with Crippen LogP contribution in [0.4, 0.5) is 0 Å². The van der Waals surface area contributed by atoms with Gasteiger partial charge in [-0.1, -0.05) is 36.4 Å². The van der Waals surface area contributed by atoms with Gasteiger partial charge in [-0.25, -0.2) is 5.43 Å². The van der Waals surface area contributed by atoms with E-state index >= 15 is 0 Å². The number of carbonyl (C=O) groups is 1. The van der Waals surface area contributed by atoms with Crippen LogP contribution in [0.3, 0.4) is 0 Å². The zero-order valence-electron chi connectivity index (χ0n) is 12.2. The van der Waals surface area contributed by atoms with E-state index < -0.39 is 6.10 Å². The molecule has 112 valence electrons. The molecule has 5 heteroatoms. The van der Waals surface area contributed by atoms with Gasteiger partial charge < -0.3 is 9.47 Å². The van der Waals surface area contributed by atoms with E-state index in [1.807, 2.05) is 43.3 Å². The molecule has 0 aliphatic carbocycles. The summed E-state index contributed by atoms with van der Waals surface area (Å²) in [5.74, 6) is 0.881. The zero-order chi connectivity index (χ0) is 15.4. The summed E-state index contributed by atoms with van der Waals surface area (Å²) in [5.41, 5.74) is 4.53. The number of para-hydroxylation sites is 2. The van der Waals surface area contributed by atoms with Crippen molar-refractivity contribution in [1.82, 2.24) is 5.43 Å². The van der Waals surface area contributed by atoms with Gasteiger partial charge in [-0.05, 0) is 30.2 Å². The van der Waals surface area contributed by atoms with Crippen molar-refractivity contribution in [2.45, 2.75) is 13.0 Å². The normalized spacial score (nSPS) is 16.5. The molecule has 2 aromatic carbocycles. The highest BCUT2D eigenvalue weighted by Gasteiger charge is 2.26. The molecule has 1 heterocycles. The maximum Gasteiger partial charge on any atom is 0.284 e. The Kier molecular flexibility index (Phi) is 4.05. The van der Waals surface area contributed by atoms with Crippen molar-refractivity contribution in [3.63, 3.8) is 0 Å². The molecule has 0 spiro atoms. The molecule has 1 atom stereocenters. The Morgan fingerprint density at radius 1 is 1.18 bits per heavy atom. The van der Waals surface area contributed by atoms with Crippen LogP contribution in [0.5, 0.6) is 11.5 Å². The average molecular weight is 296 g/mol. The fourth-order valence-corrected chi connectivity index (χ4v) is 2.12. The number of hydrogen-bond acceptors (Lipinski definition) is 4. The molecule has 1 N–H and O–H groups in total. The molecule has 0 radical (unpaired) electrons. The van der Waals surface area contributed by atoms with Gasteiger partial charge in [0, 0.05) is 0 Å². The topological polar surface area (TPSA) is 59.9 Å². The summed E-state index contributed by atoms with van der Waals surface area (Å²) < 4.78 is 11.1. The Morgan fingerprint density at radius 2 is 1.91 bits per heavy atom. The maximum atomic E-state index is 12.1. The molecule has 1 unspecified atom stereocenters. The lowest BCUT2D eigenvalue weighted by molar-refractivity contribution is -0.130. The van der Waals surface area contributed by atoms with Crippen molar-refractivity contribution in [3.8, 4) is 11.5 Å². The van der Waals surface area contributed by atoms with Crippen molar-refractivity contribution in [2.75, 3.05) is 6.61 Å². The fraction of sp³-hybridized carbons (Fsp3) is 0.176. The van der Waals surface area contributed by atoms with Gasteiger partial charge in [0.05, 0.1) is 6.21 Å². The third-order valence-electron chi connectivity index (χ3n) is 3.37. The van der Waals surface area contributed by atoms with Gasteiger partial charge in [-0.2, -0.15) is 5.10 Å². The summed E-state index contributed by atoms with van der Waals surface area (Å²) in [6, 6.07) is 15.1. The molecule has 1 aliphatic heterocycles. The Morgan fingerprint density at radius 3 is 2.73 bits per heavy atom. The highest BCUT2D eigenvalue weighted by molar-refractivity contribution is 5.85. The Balaban J connectivity index is 1.60. The molecule has 0 aromatic heterocycles. The SMILES string of the molecule is Cc1ccccc1C=NNC(=O)C1COc2ccccc2O1.